The molecule has 0 radical (unpaired) electrons. The summed E-state index contributed by atoms with van der Waals surface area (Å²) in [6.45, 7) is 1.52. The van der Waals surface area contributed by atoms with Gasteiger partial charge in [0, 0.05) is 27.7 Å². The van der Waals surface area contributed by atoms with Crippen LogP contribution in [-0.4, -0.2) is 33.5 Å². The lowest BCUT2D eigenvalue weighted by Gasteiger charge is -2.32. The van der Waals surface area contributed by atoms with Crippen LogP contribution in [0.1, 0.15) is 24.1 Å². The Hall–Kier alpha value is -1.24. The molecular formula is C16H17BrN2O2S. The minimum absolute atomic E-state index is 0.355. The van der Waals surface area contributed by atoms with Gasteiger partial charge >= 0.3 is 5.97 Å². The van der Waals surface area contributed by atoms with Crippen molar-refractivity contribution in [1.29, 1.82) is 0 Å². The smallest absolute Gasteiger partial charge is 0.320 e. The molecule has 0 bridgehead atoms. The number of aliphatic carboxylic acids is 1. The normalized spacial score (nSPS) is 19.2. The Morgan fingerprint density at radius 1 is 1.36 bits per heavy atom. The topological polar surface area (TPSA) is 53.4 Å². The molecule has 1 saturated heterocycles. The number of rotatable bonds is 4. The summed E-state index contributed by atoms with van der Waals surface area (Å²) in [4.78, 5) is 19.0. The minimum atomic E-state index is -0.711. The molecule has 2 heterocycles. The highest BCUT2D eigenvalue weighted by Crippen LogP contribution is 2.28. The van der Waals surface area contributed by atoms with Crippen LogP contribution in [0.25, 0.3) is 10.6 Å². The largest absolute Gasteiger partial charge is 0.480 e. The summed E-state index contributed by atoms with van der Waals surface area (Å²) in [5.74, 6) is -0.711. The summed E-state index contributed by atoms with van der Waals surface area (Å²) in [6.07, 6.45) is 4.69. The van der Waals surface area contributed by atoms with E-state index in [1.807, 2.05) is 30.5 Å². The zero-order valence-electron chi connectivity index (χ0n) is 12.0. The number of nitrogens with zero attached hydrogens (tertiary/aromatic N) is 2. The Morgan fingerprint density at radius 3 is 2.86 bits per heavy atom. The fourth-order valence-corrected chi connectivity index (χ4v) is 3.97. The second-order valence-electron chi connectivity index (χ2n) is 5.46. The van der Waals surface area contributed by atoms with E-state index >= 15 is 0 Å². The second kappa shape index (κ2) is 6.89. The molecule has 0 amide bonds. The third-order valence-corrected chi connectivity index (χ3v) is 5.46. The van der Waals surface area contributed by atoms with Crippen LogP contribution in [0.4, 0.5) is 0 Å². The number of hydrogen-bond acceptors (Lipinski definition) is 4. The highest BCUT2D eigenvalue weighted by molar-refractivity contribution is 9.10. The number of piperidine rings is 1. The number of carboxylic acids is 1. The van der Waals surface area contributed by atoms with Crippen LogP contribution in [0.15, 0.2) is 34.9 Å². The van der Waals surface area contributed by atoms with Crippen molar-refractivity contribution in [1.82, 2.24) is 9.88 Å². The standard InChI is InChI=1S/C16H17BrN2O2S/c17-12-6-4-11(5-7-12)15-18-9-13(22-15)10-19-8-2-1-3-14(19)16(20)21/h4-7,9,14H,1-3,8,10H2,(H,20,21). The molecule has 6 heteroatoms. The van der Waals surface area contributed by atoms with Gasteiger partial charge in [-0.3, -0.25) is 9.69 Å². The van der Waals surface area contributed by atoms with E-state index in [9.17, 15) is 9.90 Å². The minimum Gasteiger partial charge on any atom is -0.480 e. The molecule has 0 aliphatic carbocycles. The van der Waals surface area contributed by atoms with Gasteiger partial charge in [-0.05, 0) is 31.5 Å². The molecule has 3 rings (SSSR count). The van der Waals surface area contributed by atoms with E-state index in [1.54, 1.807) is 11.3 Å². The SMILES string of the molecule is O=C(O)C1CCCCN1Cc1cnc(-c2ccc(Br)cc2)s1. The highest BCUT2D eigenvalue weighted by atomic mass is 79.9. The van der Waals surface area contributed by atoms with E-state index in [-0.39, 0.29) is 6.04 Å². The van der Waals surface area contributed by atoms with Crippen molar-refractivity contribution in [3.05, 3.63) is 39.8 Å². The Bertz CT molecular complexity index is 656. The fourth-order valence-electron chi connectivity index (χ4n) is 2.77. The van der Waals surface area contributed by atoms with Crippen molar-refractivity contribution in [2.24, 2.45) is 0 Å². The zero-order chi connectivity index (χ0) is 15.5. The molecule has 1 aliphatic rings. The molecule has 1 aromatic heterocycles. The molecule has 1 fully saturated rings. The predicted octanol–water partition coefficient (Wildman–Crippen LogP) is 4.01. The van der Waals surface area contributed by atoms with Gasteiger partial charge in [-0.2, -0.15) is 0 Å². The number of halogens is 1. The van der Waals surface area contributed by atoms with E-state index in [1.165, 1.54) is 0 Å². The van der Waals surface area contributed by atoms with E-state index in [0.717, 1.165) is 45.7 Å². The first kappa shape index (κ1) is 15.6. The van der Waals surface area contributed by atoms with Crippen LogP contribution in [0.5, 0.6) is 0 Å². The van der Waals surface area contributed by atoms with Crippen LogP contribution in [-0.2, 0) is 11.3 Å². The van der Waals surface area contributed by atoms with Crippen LogP contribution in [0, 0.1) is 0 Å². The molecule has 1 unspecified atom stereocenters. The first-order chi connectivity index (χ1) is 10.6. The average molecular weight is 381 g/mol. The third kappa shape index (κ3) is 3.56. The van der Waals surface area contributed by atoms with E-state index in [2.05, 4.69) is 25.8 Å². The maximum Gasteiger partial charge on any atom is 0.320 e. The van der Waals surface area contributed by atoms with Gasteiger partial charge in [0.15, 0.2) is 0 Å². The van der Waals surface area contributed by atoms with Gasteiger partial charge in [-0.15, -0.1) is 11.3 Å². The third-order valence-electron chi connectivity index (χ3n) is 3.90. The quantitative estimate of drug-likeness (QED) is 0.870. The van der Waals surface area contributed by atoms with Crippen molar-refractivity contribution in [2.75, 3.05) is 6.54 Å². The molecular weight excluding hydrogens is 364 g/mol. The maximum atomic E-state index is 11.4. The lowest BCUT2D eigenvalue weighted by Crippen LogP contribution is -2.43. The Labute approximate surface area is 141 Å². The van der Waals surface area contributed by atoms with Crippen molar-refractivity contribution < 1.29 is 9.90 Å². The van der Waals surface area contributed by atoms with Gasteiger partial charge in [0.05, 0.1) is 0 Å². The summed E-state index contributed by atoms with van der Waals surface area (Å²) in [7, 11) is 0. The van der Waals surface area contributed by atoms with E-state index < -0.39 is 5.97 Å². The van der Waals surface area contributed by atoms with Gasteiger partial charge < -0.3 is 5.11 Å². The number of thiazole rings is 1. The molecule has 1 aromatic carbocycles. The molecule has 1 N–H and O–H groups in total. The monoisotopic (exact) mass is 380 g/mol. The number of likely N-dealkylation sites (tertiary alicyclic amines) is 1. The molecule has 4 nitrogen and oxygen atoms in total. The summed E-state index contributed by atoms with van der Waals surface area (Å²) in [6, 6.07) is 7.72. The second-order valence-corrected chi connectivity index (χ2v) is 7.49. The van der Waals surface area contributed by atoms with Crippen LogP contribution < -0.4 is 0 Å². The Kier molecular flexibility index (Phi) is 4.90. The van der Waals surface area contributed by atoms with Crippen molar-refractivity contribution in [2.45, 2.75) is 31.8 Å². The molecule has 0 spiro atoms. The van der Waals surface area contributed by atoms with Crippen molar-refractivity contribution >= 4 is 33.2 Å². The first-order valence-electron chi connectivity index (χ1n) is 7.31. The number of aromatic nitrogens is 1. The van der Waals surface area contributed by atoms with E-state index in [4.69, 9.17) is 0 Å². The predicted molar refractivity (Wildman–Crippen MR) is 90.9 cm³/mol. The fraction of sp³-hybridized carbons (Fsp3) is 0.375. The summed E-state index contributed by atoms with van der Waals surface area (Å²) in [5.41, 5.74) is 1.09. The van der Waals surface area contributed by atoms with Gasteiger partial charge in [-0.1, -0.05) is 34.5 Å². The van der Waals surface area contributed by atoms with Gasteiger partial charge in [-0.25, -0.2) is 4.98 Å². The molecule has 1 aliphatic heterocycles. The maximum absolute atomic E-state index is 11.4. The van der Waals surface area contributed by atoms with E-state index in [0.29, 0.717) is 6.54 Å². The van der Waals surface area contributed by atoms with Gasteiger partial charge in [0.1, 0.15) is 11.0 Å². The van der Waals surface area contributed by atoms with Crippen molar-refractivity contribution in [3.63, 3.8) is 0 Å². The molecule has 1 atom stereocenters. The van der Waals surface area contributed by atoms with Gasteiger partial charge in [0.25, 0.3) is 0 Å². The summed E-state index contributed by atoms with van der Waals surface area (Å²) in [5, 5.41) is 10.3. The number of benzene rings is 1. The number of hydrogen-bond donors (Lipinski definition) is 1. The Morgan fingerprint density at radius 2 is 2.14 bits per heavy atom. The van der Waals surface area contributed by atoms with Crippen LogP contribution in [0.3, 0.4) is 0 Å². The zero-order valence-corrected chi connectivity index (χ0v) is 14.4. The summed E-state index contributed by atoms with van der Waals surface area (Å²) >= 11 is 5.07. The highest BCUT2D eigenvalue weighted by Gasteiger charge is 2.28. The molecule has 2 aromatic rings. The van der Waals surface area contributed by atoms with Gasteiger partial charge in [0.2, 0.25) is 0 Å². The molecule has 116 valence electrons. The number of carboxylic acid groups (broad SMARTS) is 1. The van der Waals surface area contributed by atoms with Crippen LogP contribution in [0.2, 0.25) is 0 Å². The lowest BCUT2D eigenvalue weighted by atomic mass is 10.0. The average Bonchev–Trinajstić information content (AvgIpc) is 2.97. The molecule has 22 heavy (non-hydrogen) atoms. The van der Waals surface area contributed by atoms with Crippen molar-refractivity contribution in [3.8, 4) is 10.6 Å². The molecule has 0 saturated carbocycles. The Balaban J connectivity index is 1.73. The lowest BCUT2D eigenvalue weighted by molar-refractivity contribution is -0.144. The number of carbonyl (C=O) groups is 1. The summed E-state index contributed by atoms with van der Waals surface area (Å²) < 4.78 is 1.05. The van der Waals surface area contributed by atoms with Crippen LogP contribution >= 0.6 is 27.3 Å². The first-order valence-corrected chi connectivity index (χ1v) is 8.92.